The first-order valence-corrected chi connectivity index (χ1v) is 20.7. The van der Waals surface area contributed by atoms with E-state index in [1.54, 1.807) is 16.7 Å². The van der Waals surface area contributed by atoms with Crippen molar-refractivity contribution in [1.82, 2.24) is 0 Å². The fourth-order valence-electron chi connectivity index (χ4n) is 12.6. The molecule has 0 aromatic heterocycles. The van der Waals surface area contributed by atoms with E-state index in [1.807, 2.05) is 0 Å². The molecule has 0 bridgehead atoms. The van der Waals surface area contributed by atoms with Crippen molar-refractivity contribution < 1.29 is 0 Å². The van der Waals surface area contributed by atoms with Crippen LogP contribution in [0, 0.1) is 0 Å². The van der Waals surface area contributed by atoms with Crippen molar-refractivity contribution in [3.63, 3.8) is 0 Å². The van der Waals surface area contributed by atoms with E-state index in [1.165, 1.54) is 130 Å². The van der Waals surface area contributed by atoms with Crippen LogP contribution in [0.4, 0.5) is 34.1 Å². The Kier molecular flexibility index (Phi) is 6.06. The van der Waals surface area contributed by atoms with E-state index in [4.69, 9.17) is 0 Å². The van der Waals surface area contributed by atoms with Gasteiger partial charge in [-0.15, -0.1) is 0 Å². The monoisotopic (exact) mass is 704 g/mol. The quantitative estimate of drug-likeness (QED) is 0.165. The molecule has 2 spiro atoms. The van der Waals surface area contributed by atoms with Gasteiger partial charge >= 0.3 is 0 Å². The van der Waals surface area contributed by atoms with E-state index < -0.39 is 0 Å². The fourth-order valence-corrected chi connectivity index (χ4v) is 12.6. The molecule has 2 nitrogen and oxygen atoms in total. The summed E-state index contributed by atoms with van der Waals surface area (Å²) in [6, 6.07) is 58.7. The van der Waals surface area contributed by atoms with E-state index in [0.29, 0.717) is 0 Å². The van der Waals surface area contributed by atoms with E-state index >= 15 is 0 Å². The third-order valence-electron chi connectivity index (χ3n) is 14.7. The average Bonchev–Trinajstić information content (AvgIpc) is 4.05. The third kappa shape index (κ3) is 3.82. The van der Waals surface area contributed by atoms with E-state index in [0.717, 1.165) is 0 Å². The van der Waals surface area contributed by atoms with E-state index in [-0.39, 0.29) is 17.5 Å². The molecule has 7 aromatic rings. The highest BCUT2D eigenvalue weighted by Gasteiger charge is 2.50. The number of hydrogen-bond donors (Lipinski definition) is 0. The van der Waals surface area contributed by atoms with Crippen LogP contribution in [-0.2, 0) is 10.8 Å². The maximum Gasteiger partial charge on any atom is 0.252 e. The van der Waals surface area contributed by atoms with E-state index in [2.05, 4.69) is 161 Å². The molecule has 2 saturated carbocycles. The summed E-state index contributed by atoms with van der Waals surface area (Å²) >= 11 is 0. The predicted octanol–water partition coefficient (Wildman–Crippen LogP) is 11.5. The molecule has 0 unspecified atom stereocenters. The molecule has 2 fully saturated rings. The summed E-state index contributed by atoms with van der Waals surface area (Å²) in [4.78, 5) is 5.16. The minimum absolute atomic E-state index is 0.0999. The van der Waals surface area contributed by atoms with Crippen LogP contribution in [0.3, 0.4) is 0 Å². The number of hydrogen-bond acceptors (Lipinski definition) is 2. The second kappa shape index (κ2) is 10.9. The molecule has 6 aliphatic rings. The molecule has 3 heteroatoms. The van der Waals surface area contributed by atoms with Crippen molar-refractivity contribution in [1.29, 1.82) is 0 Å². The van der Waals surface area contributed by atoms with Gasteiger partial charge in [-0.25, -0.2) is 0 Å². The normalized spacial score (nSPS) is 18.1. The van der Waals surface area contributed by atoms with Gasteiger partial charge in [-0.3, -0.25) is 0 Å². The van der Waals surface area contributed by atoms with Gasteiger partial charge in [0.15, 0.2) is 0 Å². The molecule has 55 heavy (non-hydrogen) atoms. The lowest BCUT2D eigenvalue weighted by Gasteiger charge is -2.44. The number of fused-ring (bicyclic) bond motifs is 14. The molecule has 0 radical (unpaired) electrons. The minimum atomic E-state index is 0.0999. The van der Waals surface area contributed by atoms with Gasteiger partial charge in [0.25, 0.3) is 6.71 Å². The highest BCUT2D eigenvalue weighted by molar-refractivity contribution is 7.00. The summed E-state index contributed by atoms with van der Waals surface area (Å²) in [6.07, 6.45) is 10.2. The number of benzene rings is 7. The van der Waals surface area contributed by atoms with Crippen molar-refractivity contribution in [2.75, 3.05) is 9.80 Å². The van der Waals surface area contributed by atoms with Gasteiger partial charge in [-0.2, -0.15) is 0 Å². The molecule has 7 aromatic carbocycles. The van der Waals surface area contributed by atoms with Gasteiger partial charge in [0.05, 0.1) is 0 Å². The number of anilines is 6. The third-order valence-corrected chi connectivity index (χ3v) is 14.7. The molecular weight excluding hydrogens is 663 g/mol. The van der Waals surface area contributed by atoms with Crippen LogP contribution in [0.2, 0.25) is 0 Å². The van der Waals surface area contributed by atoms with Gasteiger partial charge in [-0.1, -0.05) is 129 Å². The van der Waals surface area contributed by atoms with E-state index in [9.17, 15) is 0 Å². The van der Waals surface area contributed by atoms with Crippen LogP contribution >= 0.6 is 0 Å². The highest BCUT2D eigenvalue weighted by Crippen LogP contribution is 2.60. The summed E-state index contributed by atoms with van der Waals surface area (Å²) in [7, 11) is 0. The molecule has 13 rings (SSSR count). The van der Waals surface area contributed by atoms with Crippen LogP contribution in [0.1, 0.15) is 73.6 Å². The predicted molar refractivity (Wildman–Crippen MR) is 230 cm³/mol. The van der Waals surface area contributed by atoms with Crippen molar-refractivity contribution in [3.05, 3.63) is 174 Å². The Morgan fingerprint density at radius 3 is 1.62 bits per heavy atom. The summed E-state index contributed by atoms with van der Waals surface area (Å²) in [5.74, 6) is 0. The Morgan fingerprint density at radius 1 is 0.364 bits per heavy atom. The first-order valence-electron chi connectivity index (χ1n) is 20.7. The zero-order valence-electron chi connectivity index (χ0n) is 31.1. The van der Waals surface area contributed by atoms with Crippen LogP contribution < -0.4 is 26.2 Å². The summed E-state index contributed by atoms with van der Waals surface area (Å²) < 4.78 is 0. The molecule has 0 atom stereocenters. The highest BCUT2D eigenvalue weighted by atomic mass is 15.2. The van der Waals surface area contributed by atoms with Crippen molar-refractivity contribution in [2.24, 2.45) is 0 Å². The van der Waals surface area contributed by atoms with Crippen molar-refractivity contribution in [3.8, 4) is 22.3 Å². The van der Waals surface area contributed by atoms with Crippen molar-refractivity contribution in [2.45, 2.75) is 62.2 Å². The molecule has 262 valence electrons. The number of nitrogens with zero attached hydrogens (tertiary/aromatic N) is 2. The van der Waals surface area contributed by atoms with Crippen molar-refractivity contribution >= 4 is 57.2 Å². The first kappa shape index (κ1) is 30.5. The lowest BCUT2D eigenvalue weighted by molar-refractivity contribution is 0.550. The molecular formula is C52H41BN2. The van der Waals surface area contributed by atoms with Gasteiger partial charge in [0.1, 0.15) is 0 Å². The molecule has 0 saturated heterocycles. The Morgan fingerprint density at radius 2 is 0.909 bits per heavy atom. The Labute approximate surface area is 324 Å². The lowest BCUT2D eigenvalue weighted by atomic mass is 9.33. The fraction of sp³-hybridized carbons (Fsp3) is 0.192. The Bertz CT molecular complexity index is 2750. The van der Waals surface area contributed by atoms with Gasteiger partial charge in [0.2, 0.25) is 0 Å². The standard InChI is InChI=1S/C52H41BN2/c1-2-15-34(16-3-1)54-46-22-9-8-21-44(46)53-45-33-43-39(37-18-5-7-20-41(37)52(43)29-12-13-30-52)32-49(45)55(48-24-14-23-47(54)50(48)53)35-25-26-42-38(31-35)36-17-4-6-19-40(36)51(42)27-10-11-28-51/h1-9,14-26,31-33H,10-13,27-30H2. The number of para-hydroxylation sites is 2. The zero-order chi connectivity index (χ0) is 35.9. The topological polar surface area (TPSA) is 6.48 Å². The van der Waals surface area contributed by atoms with Crippen LogP contribution in [-0.4, -0.2) is 6.71 Å². The lowest BCUT2D eigenvalue weighted by Crippen LogP contribution is -2.61. The summed E-state index contributed by atoms with van der Waals surface area (Å²) in [5, 5.41) is 0. The average molecular weight is 705 g/mol. The first-order chi connectivity index (χ1) is 27.3. The molecule has 0 N–H and O–H groups in total. The maximum atomic E-state index is 2.69. The number of rotatable bonds is 2. The summed E-state index contributed by atoms with van der Waals surface area (Å²) in [6.45, 7) is 0.123. The van der Waals surface area contributed by atoms with Crippen LogP contribution in [0.25, 0.3) is 22.3 Å². The second-order valence-electron chi connectivity index (χ2n) is 17.1. The van der Waals surface area contributed by atoms with Crippen LogP contribution in [0.5, 0.6) is 0 Å². The molecule has 2 heterocycles. The summed E-state index contributed by atoms with van der Waals surface area (Å²) in [5.41, 5.74) is 24.0. The smallest absolute Gasteiger partial charge is 0.252 e. The van der Waals surface area contributed by atoms with Gasteiger partial charge in [-0.05, 0) is 135 Å². The SMILES string of the molecule is c1ccc(N2c3ccccc3B3c4cc5c(cc4N(c4ccc6c(c4)-c4ccccc4C64CCCC4)c4cccc2c43)-c2ccccc2C52CCCC2)cc1. The maximum absolute atomic E-state index is 2.69. The minimum Gasteiger partial charge on any atom is -0.311 e. The Hall–Kier alpha value is -5.80. The largest absolute Gasteiger partial charge is 0.311 e. The Balaban J connectivity index is 1.11. The molecule has 2 aliphatic heterocycles. The second-order valence-corrected chi connectivity index (χ2v) is 17.1. The molecule has 4 aliphatic carbocycles. The van der Waals surface area contributed by atoms with Gasteiger partial charge < -0.3 is 9.80 Å². The van der Waals surface area contributed by atoms with Gasteiger partial charge in [0, 0.05) is 45.0 Å². The molecule has 0 amide bonds. The zero-order valence-corrected chi connectivity index (χ0v) is 31.1. The van der Waals surface area contributed by atoms with Crippen LogP contribution in [0.15, 0.2) is 152 Å².